The summed E-state index contributed by atoms with van der Waals surface area (Å²) in [5.41, 5.74) is 0.895. The molecule has 0 spiro atoms. The van der Waals surface area contributed by atoms with Gasteiger partial charge in [0, 0.05) is 18.5 Å². The van der Waals surface area contributed by atoms with Crippen molar-refractivity contribution >= 4 is 6.09 Å². The van der Waals surface area contributed by atoms with Crippen LogP contribution in [0.15, 0.2) is 42.5 Å². The van der Waals surface area contributed by atoms with Crippen LogP contribution in [-0.2, 0) is 11.3 Å². The Bertz CT molecular complexity index is 771. The third-order valence-electron chi connectivity index (χ3n) is 4.44. The van der Waals surface area contributed by atoms with Crippen molar-refractivity contribution in [1.29, 1.82) is 0 Å². The number of hydrogen-bond donors (Lipinski definition) is 2. The average molecular weight is 364 g/mol. The fraction of sp³-hybridized carbons (Fsp3) is 0.316. The van der Waals surface area contributed by atoms with Crippen LogP contribution in [0.3, 0.4) is 0 Å². The molecule has 1 aliphatic rings. The summed E-state index contributed by atoms with van der Waals surface area (Å²) >= 11 is 0. The number of benzene rings is 2. The molecule has 7 heteroatoms. The van der Waals surface area contributed by atoms with Crippen LogP contribution in [0.25, 0.3) is 0 Å². The molecule has 1 saturated heterocycles. The normalized spacial score (nSPS) is 19.8. The van der Waals surface area contributed by atoms with Crippen LogP contribution in [0.5, 0.6) is 0 Å². The minimum atomic E-state index is -1.23. The van der Waals surface area contributed by atoms with Crippen molar-refractivity contribution in [3.8, 4) is 0 Å². The monoisotopic (exact) mass is 364 g/mol. The predicted octanol–water partition coefficient (Wildman–Crippen LogP) is 3.48. The first-order chi connectivity index (χ1) is 12.5. The van der Waals surface area contributed by atoms with Gasteiger partial charge in [0.15, 0.2) is 11.6 Å². The summed E-state index contributed by atoms with van der Waals surface area (Å²) in [7, 11) is 0. The number of carbonyl (C=O) groups excluding carboxylic acids is 1. The molecule has 0 aliphatic carbocycles. The van der Waals surface area contributed by atoms with Crippen LogP contribution in [0.1, 0.15) is 23.5 Å². The van der Waals surface area contributed by atoms with Crippen LogP contribution in [0.4, 0.5) is 18.0 Å². The number of ether oxygens (including phenoxy) is 1. The molecule has 1 aliphatic heterocycles. The van der Waals surface area contributed by atoms with Gasteiger partial charge in [-0.05, 0) is 30.2 Å². The Balaban J connectivity index is 1.67. The zero-order chi connectivity index (χ0) is 18.5. The smallest absolute Gasteiger partial charge is 0.407 e. The van der Waals surface area contributed by atoms with Crippen LogP contribution in [0, 0.1) is 17.5 Å². The van der Waals surface area contributed by atoms with E-state index in [4.69, 9.17) is 4.74 Å². The Hall–Kier alpha value is -2.54. The lowest BCUT2D eigenvalue weighted by molar-refractivity contribution is 0.132. The van der Waals surface area contributed by atoms with Crippen molar-refractivity contribution in [3.05, 3.63) is 71.0 Å². The lowest BCUT2D eigenvalue weighted by atomic mass is 9.85. The summed E-state index contributed by atoms with van der Waals surface area (Å²) in [4.78, 5) is 12.1. The van der Waals surface area contributed by atoms with Gasteiger partial charge in [-0.15, -0.1) is 0 Å². The Morgan fingerprint density at radius 2 is 1.85 bits per heavy atom. The number of amides is 1. The van der Waals surface area contributed by atoms with Gasteiger partial charge < -0.3 is 15.4 Å². The van der Waals surface area contributed by atoms with E-state index in [2.05, 4.69) is 10.6 Å². The van der Waals surface area contributed by atoms with E-state index < -0.39 is 35.5 Å². The standard InChI is InChI=1S/C19H19F3N2O2/c20-15-9-17(22)16(21)8-14(15)13-6-7-23-10-18(13)24-19(25)26-11-12-4-2-1-3-5-12/h1-5,8-9,13,18,23H,6-7,10-11H2,(H,24,25)/t13-,18?/m1/s1. The number of hydrogen-bond acceptors (Lipinski definition) is 3. The third kappa shape index (κ3) is 4.35. The largest absolute Gasteiger partial charge is 0.445 e. The zero-order valence-corrected chi connectivity index (χ0v) is 14.0. The second-order valence-electron chi connectivity index (χ2n) is 6.20. The SMILES string of the molecule is O=C(NC1CNCC[C@@H]1c1cc(F)c(F)cc1F)OCc1ccccc1. The molecule has 0 saturated carbocycles. The van der Waals surface area contributed by atoms with Crippen LogP contribution in [0.2, 0.25) is 0 Å². The maximum Gasteiger partial charge on any atom is 0.407 e. The molecule has 1 heterocycles. The Morgan fingerprint density at radius 3 is 2.62 bits per heavy atom. The lowest BCUT2D eigenvalue weighted by Crippen LogP contribution is -2.50. The number of piperidine rings is 1. The van der Waals surface area contributed by atoms with Crippen molar-refractivity contribution in [2.75, 3.05) is 13.1 Å². The second kappa shape index (κ2) is 8.23. The summed E-state index contributed by atoms with van der Waals surface area (Å²) < 4.78 is 46.0. The summed E-state index contributed by atoms with van der Waals surface area (Å²) in [6.45, 7) is 1.07. The van der Waals surface area contributed by atoms with Gasteiger partial charge in [0.25, 0.3) is 0 Å². The van der Waals surface area contributed by atoms with Crippen LogP contribution >= 0.6 is 0 Å². The lowest BCUT2D eigenvalue weighted by Gasteiger charge is -2.33. The topological polar surface area (TPSA) is 50.4 Å². The van der Waals surface area contributed by atoms with Gasteiger partial charge in [0.05, 0.1) is 6.04 Å². The number of halogens is 3. The van der Waals surface area contributed by atoms with E-state index in [0.29, 0.717) is 25.6 Å². The Labute approximate surface area is 149 Å². The van der Waals surface area contributed by atoms with Crippen molar-refractivity contribution < 1.29 is 22.7 Å². The van der Waals surface area contributed by atoms with Crippen LogP contribution in [-0.4, -0.2) is 25.2 Å². The molecule has 26 heavy (non-hydrogen) atoms. The molecule has 1 unspecified atom stereocenters. The van der Waals surface area contributed by atoms with Gasteiger partial charge in [0.1, 0.15) is 12.4 Å². The van der Waals surface area contributed by atoms with E-state index in [1.165, 1.54) is 0 Å². The summed E-state index contributed by atoms with van der Waals surface area (Å²) in [5, 5.41) is 5.79. The molecular weight excluding hydrogens is 345 g/mol. The molecule has 1 fully saturated rings. The van der Waals surface area contributed by atoms with E-state index in [9.17, 15) is 18.0 Å². The number of alkyl carbamates (subject to hydrolysis) is 1. The minimum absolute atomic E-state index is 0.0544. The van der Waals surface area contributed by atoms with Gasteiger partial charge in [0.2, 0.25) is 0 Å². The molecule has 3 rings (SSSR count). The highest BCUT2D eigenvalue weighted by molar-refractivity contribution is 5.68. The molecule has 138 valence electrons. The van der Waals surface area contributed by atoms with Gasteiger partial charge in [-0.25, -0.2) is 18.0 Å². The molecule has 2 aromatic rings. The van der Waals surface area contributed by atoms with Crippen molar-refractivity contribution in [1.82, 2.24) is 10.6 Å². The summed E-state index contributed by atoms with van der Waals surface area (Å²) in [5.74, 6) is -3.63. The van der Waals surface area contributed by atoms with Gasteiger partial charge in [-0.2, -0.15) is 0 Å². The molecule has 1 amide bonds. The Kier molecular flexibility index (Phi) is 5.78. The minimum Gasteiger partial charge on any atom is -0.445 e. The van der Waals surface area contributed by atoms with Gasteiger partial charge in [-0.3, -0.25) is 0 Å². The van der Waals surface area contributed by atoms with Gasteiger partial charge in [-0.1, -0.05) is 30.3 Å². The van der Waals surface area contributed by atoms with Gasteiger partial charge >= 0.3 is 6.09 Å². The molecule has 0 bridgehead atoms. The summed E-state index contributed by atoms with van der Waals surface area (Å²) in [6, 6.07) is 10.1. The molecule has 2 aromatic carbocycles. The van der Waals surface area contributed by atoms with E-state index in [1.54, 1.807) is 0 Å². The van der Waals surface area contributed by atoms with Crippen molar-refractivity contribution in [3.63, 3.8) is 0 Å². The highest BCUT2D eigenvalue weighted by atomic mass is 19.2. The molecule has 0 radical (unpaired) electrons. The van der Waals surface area contributed by atoms with Crippen molar-refractivity contribution in [2.24, 2.45) is 0 Å². The molecule has 2 N–H and O–H groups in total. The maximum absolute atomic E-state index is 14.1. The predicted molar refractivity (Wildman–Crippen MR) is 90.1 cm³/mol. The number of rotatable bonds is 4. The number of nitrogens with one attached hydrogen (secondary N) is 2. The maximum atomic E-state index is 14.1. The van der Waals surface area contributed by atoms with E-state index >= 15 is 0 Å². The molecular formula is C19H19F3N2O2. The van der Waals surface area contributed by atoms with E-state index in [-0.39, 0.29) is 12.2 Å². The first-order valence-corrected chi connectivity index (χ1v) is 8.37. The van der Waals surface area contributed by atoms with E-state index in [0.717, 1.165) is 11.6 Å². The molecule has 0 aromatic heterocycles. The second-order valence-corrected chi connectivity index (χ2v) is 6.20. The van der Waals surface area contributed by atoms with Crippen molar-refractivity contribution in [2.45, 2.75) is 25.0 Å². The molecule has 2 atom stereocenters. The third-order valence-corrected chi connectivity index (χ3v) is 4.44. The van der Waals surface area contributed by atoms with E-state index in [1.807, 2.05) is 30.3 Å². The first kappa shape index (κ1) is 18.3. The average Bonchev–Trinajstić information content (AvgIpc) is 2.64. The zero-order valence-electron chi connectivity index (χ0n) is 14.0. The number of carbonyl (C=O) groups is 1. The summed E-state index contributed by atoms with van der Waals surface area (Å²) in [6.07, 6.45) is -0.165. The first-order valence-electron chi connectivity index (χ1n) is 8.37. The quantitative estimate of drug-likeness (QED) is 0.817. The van der Waals surface area contributed by atoms with Crippen LogP contribution < -0.4 is 10.6 Å². The highest BCUT2D eigenvalue weighted by Gasteiger charge is 2.31. The Morgan fingerprint density at radius 1 is 1.12 bits per heavy atom. The highest BCUT2D eigenvalue weighted by Crippen LogP contribution is 2.29. The fourth-order valence-corrected chi connectivity index (χ4v) is 3.12. The fourth-order valence-electron chi connectivity index (χ4n) is 3.12. The molecule has 4 nitrogen and oxygen atoms in total.